The quantitative estimate of drug-likeness (QED) is 0.159. The van der Waals surface area contributed by atoms with E-state index in [0.717, 1.165) is 139 Å². The van der Waals surface area contributed by atoms with E-state index in [9.17, 15) is 0 Å². The lowest BCUT2D eigenvalue weighted by molar-refractivity contribution is 0.447. The minimum atomic E-state index is -0.793. The van der Waals surface area contributed by atoms with Crippen molar-refractivity contribution in [2.75, 3.05) is 4.90 Å². The van der Waals surface area contributed by atoms with Gasteiger partial charge in [0, 0.05) is 75.6 Å². The molecule has 26 rings (SSSR count). The van der Waals surface area contributed by atoms with Crippen molar-refractivity contribution in [3.8, 4) is 107 Å². The molecule has 0 saturated carbocycles. The van der Waals surface area contributed by atoms with Gasteiger partial charge in [0.25, 0.3) is 0 Å². The largest absolute Gasteiger partial charge is 0.455 e. The van der Waals surface area contributed by atoms with E-state index in [0.29, 0.717) is 0 Å². The number of nitrogens with zero attached hydrogens (tertiary/aromatic N) is 2. The van der Waals surface area contributed by atoms with Crippen molar-refractivity contribution in [3.63, 3.8) is 0 Å². The summed E-state index contributed by atoms with van der Waals surface area (Å²) in [6.07, 6.45) is 0. The number of para-hydroxylation sites is 1. The molecule has 0 N–H and O–H groups in total. The van der Waals surface area contributed by atoms with E-state index in [4.69, 9.17) is 9.47 Å². The Morgan fingerprint density at radius 1 is 0.210 bits per heavy atom. The van der Waals surface area contributed by atoms with Crippen LogP contribution < -0.4 is 14.4 Å². The van der Waals surface area contributed by atoms with Crippen LogP contribution in [0.3, 0.4) is 0 Å². The van der Waals surface area contributed by atoms with Crippen molar-refractivity contribution in [2.24, 2.45) is 0 Å². The van der Waals surface area contributed by atoms with Gasteiger partial charge in [0.15, 0.2) is 0 Å². The molecule has 0 amide bonds. The van der Waals surface area contributed by atoms with Crippen LogP contribution in [-0.2, 0) is 10.8 Å². The molecule has 0 radical (unpaired) electrons. The second-order valence-electron chi connectivity index (χ2n) is 32.4. The van der Waals surface area contributed by atoms with Gasteiger partial charge in [0.05, 0.1) is 38.9 Å². The van der Waals surface area contributed by atoms with E-state index >= 15 is 0 Å². The fraction of sp³-hybridized carbons (Fsp3) is 0.0175. The molecular weight excluding hydrogens is 1460 g/mol. The Hall–Kier alpha value is -15.0. The normalized spacial score (nSPS) is 14.6. The molecule has 2 spiro atoms. The van der Waals surface area contributed by atoms with Crippen LogP contribution in [0.5, 0.6) is 23.0 Å². The first-order chi connectivity index (χ1) is 59.0. The standard InChI is InChI=1S/C114H68N2O2S/c1-4-21-69(22-5-1)81-52-61-103-106(67-81)119-107-68-82(70-23-6-2-7-24-70)53-62-104(107)116(103)105-38-20-37-96-108(105)88-34-17-19-36-94(88)114(96)99-57-47-75-27-12-15-32-86(75)111(99)118-112-89-63-79(44-43-76(89)48-58-100(112)114)80-51-60-102-92(66-80)91-65-78(50-59-101(91)115(102)83-28-8-3-9-29-83)72-41-39-71(40-42-72)77-49-54-95-90(64-77)87-33-16-18-35-93(87)113(95)97-55-45-73-25-10-13-30-84(73)109(97)117-110-85-31-14-11-26-74(85)46-56-98(110)113/h1-68H. The lowest BCUT2D eigenvalue weighted by Gasteiger charge is -2.40. The molecular formula is C114H68N2O2S. The summed E-state index contributed by atoms with van der Waals surface area (Å²) < 4.78 is 17.5. The molecule has 0 bridgehead atoms. The Kier molecular flexibility index (Phi) is 14.1. The smallest absolute Gasteiger partial charge is 0.140 e. The van der Waals surface area contributed by atoms with Crippen LogP contribution in [0.4, 0.5) is 17.1 Å². The van der Waals surface area contributed by atoms with Crippen LogP contribution in [0.15, 0.2) is 422 Å². The molecule has 0 fully saturated rings. The predicted molar refractivity (Wildman–Crippen MR) is 492 cm³/mol. The molecule has 20 aromatic carbocycles. The van der Waals surface area contributed by atoms with E-state index in [2.05, 4.69) is 422 Å². The number of aromatic nitrogens is 1. The summed E-state index contributed by atoms with van der Waals surface area (Å²) in [5.41, 5.74) is 31.6. The summed E-state index contributed by atoms with van der Waals surface area (Å²) in [5, 5.41) is 11.3. The first-order valence-corrected chi connectivity index (χ1v) is 41.9. The average molecular weight is 1530 g/mol. The molecule has 4 heterocycles. The SMILES string of the molecule is c1ccc(-c2ccc3c(c2)Sc2cc(-c4ccccc4)ccc2N3c2cccc3c2-c2ccccc2C32c3ccc4ccccc4c3Oc3c2ccc2ccc(-c4ccc5c(c4)c4cc(-c6ccc(-c7ccc8c(c7)-c7ccccc7C87c8ccc9ccccc9c8Oc8c7ccc7ccccc87)cc6)ccc4n5-c4ccccc4)cc32)cc1. The topological polar surface area (TPSA) is 26.6 Å². The number of rotatable bonds is 7. The fourth-order valence-electron chi connectivity index (χ4n) is 21.2. The van der Waals surface area contributed by atoms with Gasteiger partial charge >= 0.3 is 0 Å². The number of ether oxygens (including phenoxy) is 2. The molecule has 119 heavy (non-hydrogen) atoms. The van der Waals surface area contributed by atoms with Gasteiger partial charge in [-0.15, -0.1) is 0 Å². The van der Waals surface area contributed by atoms with Crippen LogP contribution in [0.1, 0.15) is 44.5 Å². The van der Waals surface area contributed by atoms with Gasteiger partial charge in [-0.05, 0) is 195 Å². The summed E-state index contributed by atoms with van der Waals surface area (Å²) in [6, 6.07) is 154. The molecule has 1 atom stereocenters. The third-order valence-corrected chi connectivity index (χ3v) is 27.6. The average Bonchev–Trinajstić information content (AvgIpc) is 1.55. The highest BCUT2D eigenvalue weighted by molar-refractivity contribution is 7.99. The van der Waals surface area contributed by atoms with Crippen LogP contribution >= 0.6 is 11.8 Å². The van der Waals surface area contributed by atoms with Crippen molar-refractivity contribution in [3.05, 3.63) is 457 Å². The molecule has 5 heteroatoms. The Balaban J connectivity index is 0.605. The van der Waals surface area contributed by atoms with Gasteiger partial charge in [0.2, 0.25) is 0 Å². The van der Waals surface area contributed by atoms with Crippen LogP contribution in [0.2, 0.25) is 0 Å². The lowest BCUT2D eigenvalue weighted by Crippen LogP contribution is -2.32. The number of hydrogen-bond donors (Lipinski definition) is 0. The van der Waals surface area contributed by atoms with Gasteiger partial charge in [-0.2, -0.15) is 0 Å². The van der Waals surface area contributed by atoms with E-state index in [1.165, 1.54) is 104 Å². The predicted octanol–water partition coefficient (Wildman–Crippen LogP) is 30.6. The van der Waals surface area contributed by atoms with Gasteiger partial charge in [0.1, 0.15) is 23.0 Å². The first-order valence-electron chi connectivity index (χ1n) is 41.1. The second kappa shape index (κ2) is 25.2. The minimum absolute atomic E-state index is 0.614. The Bertz CT molecular complexity index is 7790. The maximum Gasteiger partial charge on any atom is 0.140 e. The molecule has 3 aliphatic heterocycles. The third-order valence-electron chi connectivity index (χ3n) is 26.5. The molecule has 1 aromatic heterocycles. The van der Waals surface area contributed by atoms with Crippen molar-refractivity contribution < 1.29 is 9.47 Å². The molecule has 21 aromatic rings. The fourth-order valence-corrected chi connectivity index (χ4v) is 22.4. The van der Waals surface area contributed by atoms with Gasteiger partial charge in [-0.3, -0.25) is 0 Å². The lowest BCUT2D eigenvalue weighted by atomic mass is 9.65. The van der Waals surface area contributed by atoms with Gasteiger partial charge in [-0.1, -0.05) is 345 Å². The number of hydrogen-bond acceptors (Lipinski definition) is 4. The van der Waals surface area contributed by atoms with Crippen LogP contribution in [-0.4, -0.2) is 4.57 Å². The summed E-state index contributed by atoms with van der Waals surface area (Å²) >= 11 is 1.86. The number of benzene rings is 20. The zero-order chi connectivity index (χ0) is 77.8. The maximum absolute atomic E-state index is 7.79. The van der Waals surface area contributed by atoms with Gasteiger partial charge in [-0.25, -0.2) is 0 Å². The van der Waals surface area contributed by atoms with E-state index < -0.39 is 10.8 Å². The maximum atomic E-state index is 7.79. The number of anilines is 3. The number of fused-ring (bicyclic) bond motifs is 31. The van der Waals surface area contributed by atoms with Crippen molar-refractivity contribution in [1.29, 1.82) is 0 Å². The third kappa shape index (κ3) is 9.42. The van der Waals surface area contributed by atoms with E-state index in [1.807, 2.05) is 11.8 Å². The molecule has 2 aliphatic carbocycles. The van der Waals surface area contributed by atoms with Gasteiger partial charge < -0.3 is 18.9 Å². The highest BCUT2D eigenvalue weighted by Crippen LogP contribution is 2.69. The van der Waals surface area contributed by atoms with Crippen LogP contribution in [0, 0.1) is 0 Å². The summed E-state index contributed by atoms with van der Waals surface area (Å²) in [6.45, 7) is 0. The highest BCUT2D eigenvalue weighted by Gasteiger charge is 2.55. The van der Waals surface area contributed by atoms with Crippen LogP contribution in [0.25, 0.3) is 148 Å². The minimum Gasteiger partial charge on any atom is -0.455 e. The van der Waals surface area contributed by atoms with E-state index in [1.54, 1.807) is 0 Å². The second-order valence-corrected chi connectivity index (χ2v) is 33.5. The zero-order valence-corrected chi connectivity index (χ0v) is 65.2. The molecule has 0 saturated heterocycles. The molecule has 552 valence electrons. The first kappa shape index (κ1) is 66.3. The van der Waals surface area contributed by atoms with Crippen molar-refractivity contribution in [1.82, 2.24) is 4.57 Å². The zero-order valence-electron chi connectivity index (χ0n) is 64.4. The summed E-state index contributed by atoms with van der Waals surface area (Å²) in [7, 11) is 0. The monoisotopic (exact) mass is 1530 g/mol. The highest BCUT2D eigenvalue weighted by atomic mass is 32.2. The molecule has 1 unspecified atom stereocenters. The Labute approximate surface area is 692 Å². The van der Waals surface area contributed by atoms with E-state index in [-0.39, 0.29) is 0 Å². The summed E-state index contributed by atoms with van der Waals surface area (Å²) in [5.74, 6) is 3.60. The Morgan fingerprint density at radius 2 is 0.563 bits per heavy atom. The van der Waals surface area contributed by atoms with Crippen molar-refractivity contribution in [2.45, 2.75) is 20.6 Å². The van der Waals surface area contributed by atoms with Crippen molar-refractivity contribution >= 4 is 93.7 Å². The molecule has 4 nitrogen and oxygen atoms in total. The Morgan fingerprint density at radius 3 is 1.11 bits per heavy atom. The molecule has 5 aliphatic rings. The summed E-state index contributed by atoms with van der Waals surface area (Å²) in [4.78, 5) is 4.96.